The Morgan fingerprint density at radius 1 is 1.10 bits per heavy atom. The van der Waals surface area contributed by atoms with Crippen LogP contribution >= 0.6 is 0 Å². The predicted octanol–water partition coefficient (Wildman–Crippen LogP) is 2.18. The van der Waals surface area contributed by atoms with Crippen LogP contribution in [0.1, 0.15) is 33.1 Å². The maximum Gasteiger partial charge on any atom is 0.238 e. The molecule has 29 heavy (non-hydrogen) atoms. The average Bonchev–Trinajstić information content (AvgIpc) is 2.74. The molecular formula is C22H34N4O3. The Morgan fingerprint density at radius 2 is 1.83 bits per heavy atom. The summed E-state index contributed by atoms with van der Waals surface area (Å²) in [4.78, 5) is 31.3. The van der Waals surface area contributed by atoms with E-state index in [9.17, 15) is 9.59 Å². The van der Waals surface area contributed by atoms with Crippen LogP contribution in [-0.4, -0.2) is 80.1 Å². The number of nitrogens with zero attached hydrogens (tertiary/aromatic N) is 3. The number of morpholine rings is 1. The van der Waals surface area contributed by atoms with Gasteiger partial charge in [-0.1, -0.05) is 6.92 Å². The molecular weight excluding hydrogens is 368 g/mol. The van der Waals surface area contributed by atoms with Crippen molar-refractivity contribution >= 4 is 23.2 Å². The van der Waals surface area contributed by atoms with Crippen molar-refractivity contribution in [3.8, 4) is 0 Å². The van der Waals surface area contributed by atoms with Gasteiger partial charge in [0.15, 0.2) is 0 Å². The monoisotopic (exact) mass is 402 g/mol. The number of likely N-dealkylation sites (N-methyl/N-ethyl adjacent to an activating group) is 1. The lowest BCUT2D eigenvalue weighted by molar-refractivity contribution is -0.135. The number of rotatable bonds is 7. The summed E-state index contributed by atoms with van der Waals surface area (Å²) in [5.74, 6) is 0.0344. The zero-order chi connectivity index (χ0) is 20.6. The minimum Gasteiger partial charge on any atom is -0.378 e. The lowest BCUT2D eigenvalue weighted by atomic mass is 10.0. The van der Waals surface area contributed by atoms with Gasteiger partial charge in [-0.25, -0.2) is 0 Å². The lowest BCUT2D eigenvalue weighted by Gasteiger charge is -2.35. The van der Waals surface area contributed by atoms with Crippen LogP contribution in [0.4, 0.5) is 11.4 Å². The second-order valence-electron chi connectivity index (χ2n) is 7.93. The van der Waals surface area contributed by atoms with Gasteiger partial charge in [-0.3, -0.25) is 14.5 Å². The summed E-state index contributed by atoms with van der Waals surface area (Å²) in [5, 5.41) is 2.95. The van der Waals surface area contributed by atoms with Gasteiger partial charge in [-0.15, -0.1) is 0 Å². The van der Waals surface area contributed by atoms with Crippen molar-refractivity contribution in [1.29, 1.82) is 0 Å². The summed E-state index contributed by atoms with van der Waals surface area (Å²) in [5.41, 5.74) is 1.92. The molecule has 2 saturated heterocycles. The molecule has 1 aromatic carbocycles. The fraction of sp³-hybridized carbons (Fsp3) is 0.636. The number of hydrogen-bond acceptors (Lipinski definition) is 5. The van der Waals surface area contributed by atoms with Gasteiger partial charge < -0.3 is 19.9 Å². The van der Waals surface area contributed by atoms with Gasteiger partial charge in [-0.05, 0) is 57.0 Å². The standard InChI is InChI=1S/C22H34N4O3/c1-3-24(17-22(28)26-11-5-4-6-18(26)2)16-21(27)23-19-7-9-20(10-8-19)25-12-14-29-15-13-25/h7-10,18H,3-6,11-17H2,1-2H3,(H,23,27). The fourth-order valence-corrected chi connectivity index (χ4v) is 4.01. The van der Waals surface area contributed by atoms with E-state index in [-0.39, 0.29) is 18.4 Å². The van der Waals surface area contributed by atoms with Crippen molar-refractivity contribution in [3.63, 3.8) is 0 Å². The number of benzene rings is 1. The number of likely N-dealkylation sites (tertiary alicyclic amines) is 1. The second kappa shape index (κ2) is 10.6. The molecule has 3 rings (SSSR count). The minimum absolute atomic E-state index is 0.0922. The maximum absolute atomic E-state index is 12.6. The van der Waals surface area contributed by atoms with Gasteiger partial charge in [-0.2, -0.15) is 0 Å². The van der Waals surface area contributed by atoms with E-state index in [1.807, 2.05) is 41.0 Å². The quantitative estimate of drug-likeness (QED) is 0.757. The van der Waals surface area contributed by atoms with Crippen LogP contribution in [0.2, 0.25) is 0 Å². The number of piperidine rings is 1. The molecule has 2 aliphatic heterocycles. The summed E-state index contributed by atoms with van der Waals surface area (Å²) in [6, 6.07) is 8.22. The van der Waals surface area contributed by atoms with Crippen molar-refractivity contribution in [3.05, 3.63) is 24.3 Å². The SMILES string of the molecule is CCN(CC(=O)Nc1ccc(N2CCOCC2)cc1)CC(=O)N1CCCCC1C. The van der Waals surface area contributed by atoms with Gasteiger partial charge in [0, 0.05) is 37.1 Å². The maximum atomic E-state index is 12.6. The molecule has 0 spiro atoms. The van der Waals surface area contributed by atoms with Crippen LogP contribution in [0.5, 0.6) is 0 Å². The van der Waals surface area contributed by atoms with Crippen molar-refractivity contribution in [2.24, 2.45) is 0 Å². The topological polar surface area (TPSA) is 65.1 Å². The molecule has 0 radical (unpaired) electrons. The van der Waals surface area contributed by atoms with E-state index >= 15 is 0 Å². The zero-order valence-corrected chi connectivity index (χ0v) is 17.7. The normalized spacial score (nSPS) is 20.0. The molecule has 1 aromatic rings. The molecule has 2 amide bonds. The van der Waals surface area contributed by atoms with E-state index in [0.29, 0.717) is 19.1 Å². The number of anilines is 2. The molecule has 0 saturated carbocycles. The molecule has 7 nitrogen and oxygen atoms in total. The molecule has 1 N–H and O–H groups in total. The summed E-state index contributed by atoms with van der Waals surface area (Å²) in [6.45, 7) is 9.39. The van der Waals surface area contributed by atoms with Crippen LogP contribution in [0.25, 0.3) is 0 Å². The number of ether oxygens (including phenoxy) is 1. The van der Waals surface area contributed by atoms with E-state index < -0.39 is 0 Å². The molecule has 0 bridgehead atoms. The number of carbonyl (C=O) groups excluding carboxylic acids is 2. The van der Waals surface area contributed by atoms with Crippen molar-refractivity contribution < 1.29 is 14.3 Å². The molecule has 2 heterocycles. The molecule has 1 unspecified atom stereocenters. The molecule has 0 aromatic heterocycles. The van der Waals surface area contributed by atoms with Gasteiger partial charge in [0.25, 0.3) is 0 Å². The third kappa shape index (κ3) is 6.18. The average molecular weight is 403 g/mol. The van der Waals surface area contributed by atoms with E-state index in [1.54, 1.807) is 0 Å². The Labute approximate surface area is 174 Å². The van der Waals surface area contributed by atoms with Crippen LogP contribution < -0.4 is 10.2 Å². The highest BCUT2D eigenvalue weighted by molar-refractivity contribution is 5.92. The summed E-state index contributed by atoms with van der Waals surface area (Å²) in [7, 11) is 0. The van der Waals surface area contributed by atoms with Crippen LogP contribution in [0.3, 0.4) is 0 Å². The van der Waals surface area contributed by atoms with Crippen LogP contribution in [0.15, 0.2) is 24.3 Å². The molecule has 2 aliphatic rings. The Kier molecular flexibility index (Phi) is 7.89. The highest BCUT2D eigenvalue weighted by Gasteiger charge is 2.24. The minimum atomic E-state index is -0.0922. The molecule has 1 atom stereocenters. The van der Waals surface area contributed by atoms with Gasteiger partial charge in [0.1, 0.15) is 0 Å². The van der Waals surface area contributed by atoms with Gasteiger partial charge >= 0.3 is 0 Å². The predicted molar refractivity (Wildman–Crippen MR) is 115 cm³/mol. The summed E-state index contributed by atoms with van der Waals surface area (Å²) < 4.78 is 5.39. The lowest BCUT2D eigenvalue weighted by Crippen LogP contribution is -2.48. The smallest absolute Gasteiger partial charge is 0.238 e. The molecule has 7 heteroatoms. The Balaban J connectivity index is 1.48. The Hall–Kier alpha value is -2.12. The van der Waals surface area contributed by atoms with Crippen LogP contribution in [0, 0.1) is 0 Å². The number of carbonyl (C=O) groups is 2. The first-order chi connectivity index (χ1) is 14.1. The van der Waals surface area contributed by atoms with E-state index in [0.717, 1.165) is 57.1 Å². The number of amides is 2. The highest BCUT2D eigenvalue weighted by Crippen LogP contribution is 2.19. The van der Waals surface area contributed by atoms with Crippen LogP contribution in [-0.2, 0) is 14.3 Å². The summed E-state index contributed by atoms with van der Waals surface area (Å²) >= 11 is 0. The number of hydrogen-bond donors (Lipinski definition) is 1. The Morgan fingerprint density at radius 3 is 2.48 bits per heavy atom. The summed E-state index contributed by atoms with van der Waals surface area (Å²) in [6.07, 6.45) is 3.33. The van der Waals surface area contributed by atoms with E-state index in [1.165, 1.54) is 6.42 Å². The molecule has 2 fully saturated rings. The van der Waals surface area contributed by atoms with E-state index in [4.69, 9.17) is 4.74 Å². The fourth-order valence-electron chi connectivity index (χ4n) is 4.01. The second-order valence-corrected chi connectivity index (χ2v) is 7.93. The first-order valence-corrected chi connectivity index (χ1v) is 10.8. The molecule has 0 aliphatic carbocycles. The first kappa shape index (κ1) is 21.6. The molecule has 160 valence electrons. The first-order valence-electron chi connectivity index (χ1n) is 10.8. The van der Waals surface area contributed by atoms with Gasteiger partial charge in [0.2, 0.25) is 11.8 Å². The van der Waals surface area contributed by atoms with Crippen molar-refractivity contribution in [1.82, 2.24) is 9.80 Å². The Bertz CT molecular complexity index is 673. The van der Waals surface area contributed by atoms with Gasteiger partial charge in [0.05, 0.1) is 26.3 Å². The largest absolute Gasteiger partial charge is 0.378 e. The number of nitrogens with one attached hydrogen (secondary N) is 1. The third-order valence-electron chi connectivity index (χ3n) is 5.82. The third-order valence-corrected chi connectivity index (χ3v) is 5.82. The van der Waals surface area contributed by atoms with E-state index in [2.05, 4.69) is 17.1 Å². The highest BCUT2D eigenvalue weighted by atomic mass is 16.5. The van der Waals surface area contributed by atoms with Crippen molar-refractivity contribution in [2.75, 3.05) is 62.7 Å². The van der Waals surface area contributed by atoms with Crippen molar-refractivity contribution in [2.45, 2.75) is 39.2 Å². The zero-order valence-electron chi connectivity index (χ0n) is 17.7.